The smallest absolute Gasteiger partial charge is 0.252 e. The lowest BCUT2D eigenvalue weighted by Crippen LogP contribution is -2.30. The molecule has 4 heteroatoms. The highest BCUT2D eigenvalue weighted by Crippen LogP contribution is 2.20. The van der Waals surface area contributed by atoms with E-state index in [2.05, 4.69) is 5.32 Å². The first-order chi connectivity index (χ1) is 8.27. The van der Waals surface area contributed by atoms with Crippen LogP contribution in [0.15, 0.2) is 24.3 Å². The third-order valence-corrected chi connectivity index (χ3v) is 3.09. The van der Waals surface area contributed by atoms with Crippen LogP contribution in [0.1, 0.15) is 23.2 Å². The predicted octanol–water partition coefficient (Wildman–Crippen LogP) is 1.16. The molecular formula is C13H18N2O2. The van der Waals surface area contributed by atoms with Crippen LogP contribution < -0.4 is 15.8 Å². The Bertz CT molecular complexity index is 387. The molecule has 0 radical (unpaired) electrons. The van der Waals surface area contributed by atoms with Gasteiger partial charge in [-0.25, -0.2) is 0 Å². The lowest BCUT2D eigenvalue weighted by Gasteiger charge is -2.23. The molecule has 1 heterocycles. The molecule has 0 spiro atoms. The number of rotatable bonds is 4. The molecule has 1 aliphatic heterocycles. The fourth-order valence-electron chi connectivity index (χ4n) is 2.05. The van der Waals surface area contributed by atoms with Gasteiger partial charge in [0.1, 0.15) is 5.75 Å². The van der Waals surface area contributed by atoms with Gasteiger partial charge in [0.15, 0.2) is 0 Å². The largest absolute Gasteiger partial charge is 0.492 e. The summed E-state index contributed by atoms with van der Waals surface area (Å²) in [5.74, 6) is 0.724. The molecule has 1 aromatic rings. The summed E-state index contributed by atoms with van der Waals surface area (Å²) in [6.45, 7) is 2.75. The van der Waals surface area contributed by atoms with Crippen molar-refractivity contribution in [3.8, 4) is 5.75 Å². The Morgan fingerprint density at radius 2 is 2.06 bits per heavy atom. The topological polar surface area (TPSA) is 64.4 Å². The predicted molar refractivity (Wildman–Crippen MR) is 66.0 cm³/mol. The standard InChI is InChI=1S/C13H18N2O2/c14-13(16)11-3-1-2-4-12(11)17-9-10-5-7-15-8-6-10/h1-4,10,15H,5-9H2,(H2,14,16). The molecule has 2 rings (SSSR count). The van der Waals surface area contributed by atoms with Crippen molar-refractivity contribution in [3.05, 3.63) is 29.8 Å². The van der Waals surface area contributed by atoms with Crippen LogP contribution in [0, 0.1) is 5.92 Å². The third kappa shape index (κ3) is 3.20. The van der Waals surface area contributed by atoms with E-state index >= 15 is 0 Å². The van der Waals surface area contributed by atoms with Crippen LogP contribution in [-0.4, -0.2) is 25.6 Å². The van der Waals surface area contributed by atoms with Gasteiger partial charge in [0, 0.05) is 0 Å². The van der Waals surface area contributed by atoms with Gasteiger partial charge in [-0.15, -0.1) is 0 Å². The molecule has 0 unspecified atom stereocenters. The number of hydrogen-bond donors (Lipinski definition) is 2. The van der Waals surface area contributed by atoms with Crippen molar-refractivity contribution in [1.29, 1.82) is 0 Å². The summed E-state index contributed by atoms with van der Waals surface area (Å²) in [6.07, 6.45) is 2.25. The van der Waals surface area contributed by atoms with Crippen molar-refractivity contribution in [2.75, 3.05) is 19.7 Å². The summed E-state index contributed by atoms with van der Waals surface area (Å²) >= 11 is 0. The summed E-state index contributed by atoms with van der Waals surface area (Å²) < 4.78 is 5.71. The van der Waals surface area contributed by atoms with Gasteiger partial charge < -0.3 is 15.8 Å². The molecule has 1 fully saturated rings. The SMILES string of the molecule is NC(=O)c1ccccc1OCC1CCNCC1. The second kappa shape index (κ2) is 5.68. The Balaban J connectivity index is 1.96. The Kier molecular flexibility index (Phi) is 3.98. The number of carbonyl (C=O) groups excluding carboxylic acids is 1. The first-order valence-corrected chi connectivity index (χ1v) is 5.99. The van der Waals surface area contributed by atoms with E-state index in [1.165, 1.54) is 0 Å². The van der Waals surface area contributed by atoms with Crippen LogP contribution in [0.25, 0.3) is 0 Å². The van der Waals surface area contributed by atoms with Crippen molar-refractivity contribution in [1.82, 2.24) is 5.32 Å². The molecule has 0 aromatic heterocycles. The highest BCUT2D eigenvalue weighted by atomic mass is 16.5. The second-order valence-corrected chi connectivity index (χ2v) is 4.36. The number of nitrogens with one attached hydrogen (secondary N) is 1. The fraction of sp³-hybridized carbons (Fsp3) is 0.462. The molecular weight excluding hydrogens is 216 g/mol. The van der Waals surface area contributed by atoms with Gasteiger partial charge in [0.2, 0.25) is 0 Å². The second-order valence-electron chi connectivity index (χ2n) is 4.36. The average Bonchev–Trinajstić information content (AvgIpc) is 2.38. The minimum atomic E-state index is -0.439. The summed E-state index contributed by atoms with van der Waals surface area (Å²) in [5.41, 5.74) is 5.75. The number of carbonyl (C=O) groups is 1. The van der Waals surface area contributed by atoms with Gasteiger partial charge >= 0.3 is 0 Å². The fourth-order valence-corrected chi connectivity index (χ4v) is 2.05. The van der Waals surface area contributed by atoms with Crippen LogP contribution in [0.3, 0.4) is 0 Å². The van der Waals surface area contributed by atoms with E-state index in [1.807, 2.05) is 6.07 Å². The monoisotopic (exact) mass is 234 g/mol. The first kappa shape index (κ1) is 11.9. The van der Waals surface area contributed by atoms with Crippen LogP contribution in [-0.2, 0) is 0 Å². The minimum absolute atomic E-state index is 0.439. The molecule has 4 nitrogen and oxygen atoms in total. The van der Waals surface area contributed by atoms with Crippen LogP contribution in [0.4, 0.5) is 0 Å². The number of para-hydroxylation sites is 1. The molecule has 92 valence electrons. The maximum Gasteiger partial charge on any atom is 0.252 e. The lowest BCUT2D eigenvalue weighted by molar-refractivity contribution is 0.0994. The zero-order valence-electron chi connectivity index (χ0n) is 9.82. The van der Waals surface area contributed by atoms with Gasteiger partial charge in [-0.2, -0.15) is 0 Å². The molecule has 1 amide bonds. The number of ether oxygens (including phenoxy) is 1. The summed E-state index contributed by atoms with van der Waals surface area (Å²) in [6, 6.07) is 7.13. The number of primary amides is 1. The van der Waals surface area contributed by atoms with Crippen molar-refractivity contribution >= 4 is 5.91 Å². The first-order valence-electron chi connectivity index (χ1n) is 5.99. The van der Waals surface area contributed by atoms with Gasteiger partial charge in [0.25, 0.3) is 5.91 Å². The van der Waals surface area contributed by atoms with Gasteiger partial charge in [-0.1, -0.05) is 12.1 Å². The maximum absolute atomic E-state index is 11.2. The maximum atomic E-state index is 11.2. The Labute approximate surface area is 101 Å². The molecule has 3 N–H and O–H groups in total. The Morgan fingerprint density at radius 3 is 2.76 bits per heavy atom. The van der Waals surface area contributed by atoms with Gasteiger partial charge in [-0.05, 0) is 44.0 Å². The van der Waals surface area contributed by atoms with Crippen molar-refractivity contribution in [3.63, 3.8) is 0 Å². The molecule has 17 heavy (non-hydrogen) atoms. The Morgan fingerprint density at radius 1 is 1.35 bits per heavy atom. The van der Waals surface area contributed by atoms with E-state index in [9.17, 15) is 4.79 Å². The average molecular weight is 234 g/mol. The molecule has 1 aromatic carbocycles. The Hall–Kier alpha value is -1.55. The summed E-state index contributed by atoms with van der Waals surface area (Å²) in [5, 5.41) is 3.31. The summed E-state index contributed by atoms with van der Waals surface area (Å²) in [4.78, 5) is 11.2. The number of hydrogen-bond acceptors (Lipinski definition) is 3. The van der Waals surface area contributed by atoms with E-state index in [1.54, 1.807) is 18.2 Å². The number of nitrogens with two attached hydrogens (primary N) is 1. The quantitative estimate of drug-likeness (QED) is 0.821. The van der Waals surface area contributed by atoms with Gasteiger partial charge in [0.05, 0.1) is 12.2 Å². The van der Waals surface area contributed by atoms with Crippen molar-refractivity contribution < 1.29 is 9.53 Å². The normalized spacial score (nSPS) is 16.7. The molecule has 0 saturated carbocycles. The van der Waals surface area contributed by atoms with E-state index in [4.69, 9.17) is 10.5 Å². The van der Waals surface area contributed by atoms with E-state index in [-0.39, 0.29) is 0 Å². The van der Waals surface area contributed by atoms with E-state index < -0.39 is 5.91 Å². The highest BCUT2D eigenvalue weighted by Gasteiger charge is 2.15. The summed E-state index contributed by atoms with van der Waals surface area (Å²) in [7, 11) is 0. The highest BCUT2D eigenvalue weighted by molar-refractivity contribution is 5.95. The van der Waals surface area contributed by atoms with Crippen LogP contribution in [0.2, 0.25) is 0 Å². The number of amides is 1. The van der Waals surface area contributed by atoms with Crippen molar-refractivity contribution in [2.24, 2.45) is 11.7 Å². The molecule has 1 saturated heterocycles. The van der Waals surface area contributed by atoms with Crippen LogP contribution in [0.5, 0.6) is 5.75 Å². The van der Waals surface area contributed by atoms with Gasteiger partial charge in [-0.3, -0.25) is 4.79 Å². The van der Waals surface area contributed by atoms with E-state index in [0.29, 0.717) is 23.8 Å². The molecule has 0 atom stereocenters. The molecule has 0 aliphatic carbocycles. The lowest BCUT2D eigenvalue weighted by atomic mass is 9.99. The van der Waals surface area contributed by atoms with Crippen molar-refractivity contribution in [2.45, 2.75) is 12.8 Å². The number of piperidine rings is 1. The molecule has 1 aliphatic rings. The molecule has 0 bridgehead atoms. The zero-order chi connectivity index (χ0) is 12.1. The van der Waals surface area contributed by atoms with Crippen LogP contribution >= 0.6 is 0 Å². The van der Waals surface area contributed by atoms with E-state index in [0.717, 1.165) is 25.9 Å². The number of benzene rings is 1. The third-order valence-electron chi connectivity index (χ3n) is 3.09. The zero-order valence-corrected chi connectivity index (χ0v) is 9.82. The minimum Gasteiger partial charge on any atom is -0.492 e.